The van der Waals surface area contributed by atoms with Gasteiger partial charge in [0.05, 0.1) is 18.1 Å². The standard InChI is InChI=1S/C20H22N2O/c1-14(2)22-19-11-5-15(3)13-18(19)21-20(22)12-8-16-6-9-17(23-4)10-7-16/h5-14H,1-4H3. The third kappa shape index (κ3) is 3.14. The second kappa shape index (κ2) is 6.29. The average molecular weight is 306 g/mol. The van der Waals surface area contributed by atoms with Crippen molar-refractivity contribution in [1.82, 2.24) is 9.55 Å². The Morgan fingerprint density at radius 3 is 2.43 bits per heavy atom. The number of ether oxygens (including phenoxy) is 1. The maximum Gasteiger partial charge on any atom is 0.134 e. The van der Waals surface area contributed by atoms with Gasteiger partial charge >= 0.3 is 0 Å². The lowest BCUT2D eigenvalue weighted by atomic mass is 10.2. The molecule has 0 radical (unpaired) electrons. The maximum atomic E-state index is 5.19. The molecule has 0 atom stereocenters. The Morgan fingerprint density at radius 1 is 1.04 bits per heavy atom. The summed E-state index contributed by atoms with van der Waals surface area (Å²) in [6, 6.07) is 14.8. The molecule has 1 heterocycles. The molecular weight excluding hydrogens is 284 g/mol. The van der Waals surface area contributed by atoms with E-state index in [-0.39, 0.29) is 0 Å². The fourth-order valence-corrected chi connectivity index (χ4v) is 2.77. The molecule has 3 heteroatoms. The molecule has 0 spiro atoms. The van der Waals surface area contributed by atoms with Gasteiger partial charge in [0.15, 0.2) is 0 Å². The van der Waals surface area contributed by atoms with E-state index in [1.165, 1.54) is 11.1 Å². The Hall–Kier alpha value is -2.55. The van der Waals surface area contributed by atoms with Crippen LogP contribution in [0.1, 0.15) is 36.8 Å². The van der Waals surface area contributed by atoms with E-state index in [9.17, 15) is 0 Å². The van der Waals surface area contributed by atoms with Gasteiger partial charge in [-0.25, -0.2) is 4.98 Å². The van der Waals surface area contributed by atoms with E-state index in [4.69, 9.17) is 9.72 Å². The lowest BCUT2D eigenvalue weighted by molar-refractivity contribution is 0.415. The minimum absolute atomic E-state index is 0.359. The number of benzene rings is 2. The quantitative estimate of drug-likeness (QED) is 0.670. The number of hydrogen-bond donors (Lipinski definition) is 0. The van der Waals surface area contributed by atoms with Gasteiger partial charge in [0.25, 0.3) is 0 Å². The zero-order chi connectivity index (χ0) is 16.4. The second-order valence-electron chi connectivity index (χ2n) is 6.03. The van der Waals surface area contributed by atoms with Crippen molar-refractivity contribution in [3.05, 3.63) is 59.4 Å². The summed E-state index contributed by atoms with van der Waals surface area (Å²) in [5, 5.41) is 0. The van der Waals surface area contributed by atoms with E-state index in [1.54, 1.807) is 7.11 Å². The molecule has 0 aliphatic heterocycles. The van der Waals surface area contributed by atoms with Crippen molar-refractivity contribution in [3.63, 3.8) is 0 Å². The molecule has 2 aromatic carbocycles. The van der Waals surface area contributed by atoms with Crippen LogP contribution in [0.3, 0.4) is 0 Å². The number of methoxy groups -OCH3 is 1. The summed E-state index contributed by atoms with van der Waals surface area (Å²) >= 11 is 0. The van der Waals surface area contributed by atoms with Crippen LogP contribution in [-0.4, -0.2) is 16.7 Å². The van der Waals surface area contributed by atoms with Crippen molar-refractivity contribution >= 4 is 23.2 Å². The van der Waals surface area contributed by atoms with Crippen LogP contribution in [0.15, 0.2) is 42.5 Å². The molecule has 3 rings (SSSR count). The third-order valence-electron chi connectivity index (χ3n) is 3.93. The first-order chi connectivity index (χ1) is 11.1. The molecule has 0 saturated carbocycles. The molecule has 0 amide bonds. The topological polar surface area (TPSA) is 27.1 Å². The summed E-state index contributed by atoms with van der Waals surface area (Å²) in [6.07, 6.45) is 4.17. The van der Waals surface area contributed by atoms with Crippen molar-refractivity contribution in [2.24, 2.45) is 0 Å². The molecule has 0 aliphatic rings. The number of hydrogen-bond acceptors (Lipinski definition) is 2. The second-order valence-corrected chi connectivity index (χ2v) is 6.03. The molecule has 1 aromatic heterocycles. The Bertz CT molecular complexity index is 842. The van der Waals surface area contributed by atoms with Gasteiger partial charge in [-0.1, -0.05) is 24.3 Å². The van der Waals surface area contributed by atoms with E-state index in [0.29, 0.717) is 6.04 Å². The zero-order valence-electron chi connectivity index (χ0n) is 14.1. The highest BCUT2D eigenvalue weighted by Crippen LogP contribution is 2.23. The van der Waals surface area contributed by atoms with Gasteiger partial charge in [-0.3, -0.25) is 0 Å². The Balaban J connectivity index is 2.00. The number of aromatic nitrogens is 2. The van der Waals surface area contributed by atoms with Gasteiger partial charge in [-0.05, 0) is 62.2 Å². The van der Waals surface area contributed by atoms with Crippen molar-refractivity contribution in [3.8, 4) is 5.75 Å². The van der Waals surface area contributed by atoms with Gasteiger partial charge in [-0.2, -0.15) is 0 Å². The van der Waals surface area contributed by atoms with E-state index >= 15 is 0 Å². The zero-order valence-corrected chi connectivity index (χ0v) is 14.1. The van der Waals surface area contributed by atoms with Crippen LogP contribution in [0.5, 0.6) is 5.75 Å². The Kier molecular flexibility index (Phi) is 4.20. The minimum atomic E-state index is 0.359. The van der Waals surface area contributed by atoms with Crippen molar-refractivity contribution in [1.29, 1.82) is 0 Å². The molecule has 0 bridgehead atoms. The molecule has 0 aliphatic carbocycles. The molecule has 0 unspecified atom stereocenters. The first-order valence-corrected chi connectivity index (χ1v) is 7.89. The Labute approximate surface area is 137 Å². The van der Waals surface area contributed by atoms with Gasteiger partial charge in [0, 0.05) is 6.04 Å². The first kappa shape index (κ1) is 15.3. The number of fused-ring (bicyclic) bond motifs is 1. The van der Waals surface area contributed by atoms with Crippen LogP contribution in [0.2, 0.25) is 0 Å². The summed E-state index contributed by atoms with van der Waals surface area (Å²) in [7, 11) is 1.68. The largest absolute Gasteiger partial charge is 0.497 e. The van der Waals surface area contributed by atoms with Gasteiger partial charge in [-0.15, -0.1) is 0 Å². The number of imidazole rings is 1. The third-order valence-corrected chi connectivity index (χ3v) is 3.93. The molecule has 3 nitrogen and oxygen atoms in total. The predicted molar refractivity (Wildman–Crippen MR) is 96.8 cm³/mol. The molecular formula is C20H22N2O. The number of rotatable bonds is 4. The molecule has 0 fully saturated rings. The van der Waals surface area contributed by atoms with Crippen molar-refractivity contribution in [2.45, 2.75) is 26.8 Å². The highest BCUT2D eigenvalue weighted by Gasteiger charge is 2.11. The summed E-state index contributed by atoms with van der Waals surface area (Å²) in [6.45, 7) is 6.47. The molecule has 0 N–H and O–H groups in total. The summed E-state index contributed by atoms with van der Waals surface area (Å²) in [4.78, 5) is 4.80. The number of nitrogens with zero attached hydrogens (tertiary/aromatic N) is 2. The molecule has 118 valence electrons. The van der Waals surface area contributed by atoms with Crippen molar-refractivity contribution in [2.75, 3.05) is 7.11 Å². The summed E-state index contributed by atoms with van der Waals surface area (Å²) in [5.41, 5.74) is 4.59. The normalized spacial score (nSPS) is 11.7. The fourth-order valence-electron chi connectivity index (χ4n) is 2.77. The SMILES string of the molecule is COc1ccc(C=Cc2nc3cc(C)ccc3n2C(C)C)cc1. The smallest absolute Gasteiger partial charge is 0.134 e. The van der Waals surface area contributed by atoms with Crippen LogP contribution in [0.4, 0.5) is 0 Å². The average Bonchev–Trinajstić information content (AvgIpc) is 2.91. The van der Waals surface area contributed by atoms with E-state index in [0.717, 1.165) is 22.7 Å². The number of aryl methyl sites for hydroxylation is 1. The van der Waals surface area contributed by atoms with Crippen LogP contribution in [0.25, 0.3) is 23.2 Å². The monoisotopic (exact) mass is 306 g/mol. The molecule has 0 saturated heterocycles. The summed E-state index contributed by atoms with van der Waals surface area (Å²) < 4.78 is 7.47. The van der Waals surface area contributed by atoms with E-state index in [2.05, 4.69) is 55.7 Å². The van der Waals surface area contributed by atoms with Gasteiger partial charge in [0.1, 0.15) is 11.6 Å². The van der Waals surface area contributed by atoms with Crippen LogP contribution < -0.4 is 4.74 Å². The lowest BCUT2D eigenvalue weighted by Crippen LogP contribution is -2.02. The first-order valence-electron chi connectivity index (χ1n) is 7.89. The van der Waals surface area contributed by atoms with Gasteiger partial charge in [0.2, 0.25) is 0 Å². The van der Waals surface area contributed by atoms with Crippen molar-refractivity contribution < 1.29 is 4.74 Å². The maximum absolute atomic E-state index is 5.19. The van der Waals surface area contributed by atoms with Crippen LogP contribution >= 0.6 is 0 Å². The fraction of sp³-hybridized carbons (Fsp3) is 0.250. The highest BCUT2D eigenvalue weighted by atomic mass is 16.5. The van der Waals surface area contributed by atoms with Crippen LogP contribution in [-0.2, 0) is 0 Å². The minimum Gasteiger partial charge on any atom is -0.497 e. The van der Waals surface area contributed by atoms with E-state index in [1.807, 2.05) is 24.3 Å². The Morgan fingerprint density at radius 2 is 1.78 bits per heavy atom. The molecule has 23 heavy (non-hydrogen) atoms. The van der Waals surface area contributed by atoms with Crippen LogP contribution in [0, 0.1) is 6.92 Å². The predicted octanol–water partition coefficient (Wildman–Crippen LogP) is 5.10. The highest BCUT2D eigenvalue weighted by molar-refractivity contribution is 5.80. The molecule has 3 aromatic rings. The summed E-state index contributed by atoms with van der Waals surface area (Å²) in [5.74, 6) is 1.85. The van der Waals surface area contributed by atoms with E-state index < -0.39 is 0 Å². The lowest BCUT2D eigenvalue weighted by Gasteiger charge is -2.11. The van der Waals surface area contributed by atoms with Gasteiger partial charge < -0.3 is 9.30 Å².